The first-order valence-electron chi connectivity index (χ1n) is 6.14. The van der Waals surface area contributed by atoms with Crippen LogP contribution in [0.25, 0.3) is 10.8 Å². The topological polar surface area (TPSA) is 69.4 Å². The van der Waals surface area contributed by atoms with Gasteiger partial charge in [0.2, 0.25) is 0 Å². The van der Waals surface area contributed by atoms with Gasteiger partial charge in [-0.15, -0.1) is 0 Å². The molecule has 0 aliphatic heterocycles. The molecule has 0 aliphatic rings. The van der Waals surface area contributed by atoms with E-state index in [0.29, 0.717) is 17.2 Å². The number of methoxy groups -OCH3 is 2. The zero-order chi connectivity index (χ0) is 14.0. The van der Waals surface area contributed by atoms with Gasteiger partial charge in [0.25, 0.3) is 0 Å². The molecule has 0 fully saturated rings. The van der Waals surface area contributed by atoms with Crippen LogP contribution in [0.4, 0.5) is 11.5 Å². The average Bonchev–Trinajstić information content (AvgIpc) is 2.38. The number of hydrogen-bond donors (Lipinski definition) is 2. The van der Waals surface area contributed by atoms with Gasteiger partial charge in [-0.2, -0.15) is 0 Å². The quantitative estimate of drug-likeness (QED) is 0.828. The predicted molar refractivity (Wildman–Crippen MR) is 78.0 cm³/mol. The van der Waals surface area contributed by atoms with Crippen molar-refractivity contribution >= 4 is 22.3 Å². The number of nitrogens with zero attached hydrogens (tertiary/aromatic N) is 1. The van der Waals surface area contributed by atoms with Crippen molar-refractivity contribution < 1.29 is 9.47 Å². The Morgan fingerprint density at radius 3 is 2.53 bits per heavy atom. The van der Waals surface area contributed by atoms with Crippen LogP contribution in [0, 0.1) is 0 Å². The number of rotatable bonds is 4. The molecule has 1 aromatic heterocycles. The highest BCUT2D eigenvalue weighted by molar-refractivity contribution is 6.03. The van der Waals surface area contributed by atoms with Gasteiger partial charge in [0.1, 0.15) is 5.82 Å². The number of nitrogen functional groups attached to an aromatic ring is 1. The third-order valence-corrected chi connectivity index (χ3v) is 2.87. The maximum absolute atomic E-state index is 6.15. The Hall–Kier alpha value is -2.17. The van der Waals surface area contributed by atoms with Gasteiger partial charge in [0, 0.05) is 23.0 Å². The number of ether oxygens (including phenoxy) is 2. The minimum Gasteiger partial charge on any atom is -0.493 e. The summed E-state index contributed by atoms with van der Waals surface area (Å²) in [7, 11) is 3.17. The van der Waals surface area contributed by atoms with E-state index in [1.165, 1.54) is 0 Å². The zero-order valence-corrected chi connectivity index (χ0v) is 11.7. The Morgan fingerprint density at radius 1 is 1.21 bits per heavy atom. The van der Waals surface area contributed by atoms with Gasteiger partial charge >= 0.3 is 0 Å². The summed E-state index contributed by atoms with van der Waals surface area (Å²) >= 11 is 0. The van der Waals surface area contributed by atoms with Crippen LogP contribution >= 0.6 is 0 Å². The molecule has 19 heavy (non-hydrogen) atoms. The molecule has 1 aromatic carbocycles. The summed E-state index contributed by atoms with van der Waals surface area (Å²) in [6.07, 6.45) is 1.73. The smallest absolute Gasteiger partial charge is 0.184 e. The molecule has 0 aliphatic carbocycles. The molecule has 2 aromatic rings. The highest BCUT2D eigenvalue weighted by Crippen LogP contribution is 2.41. The van der Waals surface area contributed by atoms with Crippen molar-refractivity contribution in [2.45, 2.75) is 19.9 Å². The van der Waals surface area contributed by atoms with Gasteiger partial charge in [0.05, 0.1) is 19.9 Å². The van der Waals surface area contributed by atoms with Crippen molar-refractivity contribution in [3.63, 3.8) is 0 Å². The lowest BCUT2D eigenvalue weighted by Gasteiger charge is -2.16. The third-order valence-electron chi connectivity index (χ3n) is 2.87. The largest absolute Gasteiger partial charge is 0.493 e. The third kappa shape index (κ3) is 2.36. The summed E-state index contributed by atoms with van der Waals surface area (Å²) in [6, 6.07) is 4.05. The molecule has 0 amide bonds. The van der Waals surface area contributed by atoms with Gasteiger partial charge in [-0.1, -0.05) is 0 Å². The maximum Gasteiger partial charge on any atom is 0.184 e. The van der Waals surface area contributed by atoms with E-state index in [1.807, 2.05) is 12.1 Å². The molecule has 0 saturated carbocycles. The van der Waals surface area contributed by atoms with Crippen LogP contribution < -0.4 is 20.5 Å². The van der Waals surface area contributed by atoms with Gasteiger partial charge in [-0.05, 0) is 26.0 Å². The van der Waals surface area contributed by atoms with Crippen molar-refractivity contribution in [3.05, 3.63) is 18.3 Å². The van der Waals surface area contributed by atoms with E-state index < -0.39 is 0 Å². The number of nitrogens with one attached hydrogen (secondary N) is 1. The number of pyridine rings is 1. The molecule has 2 rings (SSSR count). The number of fused-ring (bicyclic) bond motifs is 1. The normalized spacial score (nSPS) is 10.8. The highest BCUT2D eigenvalue weighted by Gasteiger charge is 2.15. The molecule has 5 heteroatoms. The molecule has 0 radical (unpaired) electrons. The van der Waals surface area contributed by atoms with E-state index in [0.717, 1.165) is 16.6 Å². The predicted octanol–water partition coefficient (Wildman–Crippen LogP) is 2.65. The molecule has 102 valence electrons. The molecule has 5 nitrogen and oxygen atoms in total. The molecule has 0 unspecified atom stereocenters. The summed E-state index contributed by atoms with van der Waals surface area (Å²) in [5, 5.41) is 5.12. The first-order valence-corrected chi connectivity index (χ1v) is 6.14. The Balaban J connectivity index is 2.72. The van der Waals surface area contributed by atoms with Gasteiger partial charge in [-0.3, -0.25) is 0 Å². The van der Waals surface area contributed by atoms with Crippen molar-refractivity contribution in [2.24, 2.45) is 0 Å². The van der Waals surface area contributed by atoms with Gasteiger partial charge < -0.3 is 20.5 Å². The van der Waals surface area contributed by atoms with Crippen LogP contribution in [0.2, 0.25) is 0 Å². The first-order chi connectivity index (χ1) is 9.08. The van der Waals surface area contributed by atoms with Crippen LogP contribution in [0.5, 0.6) is 11.5 Å². The molecule has 1 heterocycles. The SMILES string of the molecule is COc1cc2c(NC(C)C)nccc2c(N)c1OC. The number of aromatic nitrogens is 1. The van der Waals surface area contributed by atoms with Crippen molar-refractivity contribution in [1.82, 2.24) is 4.98 Å². The Morgan fingerprint density at radius 2 is 1.95 bits per heavy atom. The molecule has 0 saturated heterocycles. The minimum absolute atomic E-state index is 0.285. The van der Waals surface area contributed by atoms with E-state index in [-0.39, 0.29) is 6.04 Å². The fourth-order valence-corrected chi connectivity index (χ4v) is 2.06. The maximum atomic E-state index is 6.15. The van der Waals surface area contributed by atoms with Crippen molar-refractivity contribution in [3.8, 4) is 11.5 Å². The number of nitrogens with two attached hydrogens (primary N) is 1. The Bertz CT molecular complexity index is 597. The van der Waals surface area contributed by atoms with Crippen LogP contribution in [0.15, 0.2) is 18.3 Å². The van der Waals surface area contributed by atoms with Crippen molar-refractivity contribution in [1.29, 1.82) is 0 Å². The summed E-state index contributed by atoms with van der Waals surface area (Å²) in [5.74, 6) is 1.95. The van der Waals surface area contributed by atoms with E-state index in [4.69, 9.17) is 15.2 Å². The monoisotopic (exact) mass is 261 g/mol. The van der Waals surface area contributed by atoms with E-state index >= 15 is 0 Å². The second-order valence-electron chi connectivity index (χ2n) is 4.58. The second kappa shape index (κ2) is 5.22. The molecule has 3 N–H and O–H groups in total. The molecular weight excluding hydrogens is 242 g/mol. The van der Waals surface area contributed by atoms with E-state index in [2.05, 4.69) is 24.1 Å². The van der Waals surface area contributed by atoms with Crippen LogP contribution in [0.3, 0.4) is 0 Å². The fourth-order valence-electron chi connectivity index (χ4n) is 2.06. The molecular formula is C14H19N3O2. The van der Waals surface area contributed by atoms with Crippen LogP contribution in [-0.4, -0.2) is 25.2 Å². The number of benzene rings is 1. The lowest BCUT2D eigenvalue weighted by molar-refractivity contribution is 0.357. The lowest BCUT2D eigenvalue weighted by Crippen LogP contribution is -2.11. The minimum atomic E-state index is 0.285. The fraction of sp³-hybridized carbons (Fsp3) is 0.357. The van der Waals surface area contributed by atoms with Crippen LogP contribution in [-0.2, 0) is 0 Å². The number of hydrogen-bond acceptors (Lipinski definition) is 5. The van der Waals surface area contributed by atoms with E-state index in [9.17, 15) is 0 Å². The van der Waals surface area contributed by atoms with Gasteiger partial charge in [0.15, 0.2) is 11.5 Å². The lowest BCUT2D eigenvalue weighted by atomic mass is 10.1. The standard InChI is InChI=1S/C14H19N3O2/c1-8(2)17-14-10-7-11(18-3)13(19-4)12(15)9(10)5-6-16-14/h5-8H,15H2,1-4H3,(H,16,17). The number of anilines is 2. The molecule has 0 bridgehead atoms. The molecule has 0 atom stereocenters. The zero-order valence-electron chi connectivity index (χ0n) is 11.7. The summed E-state index contributed by atoms with van der Waals surface area (Å²) in [4.78, 5) is 4.36. The first kappa shape index (κ1) is 13.3. The highest BCUT2D eigenvalue weighted by atomic mass is 16.5. The summed E-state index contributed by atoms with van der Waals surface area (Å²) < 4.78 is 10.6. The molecule has 0 spiro atoms. The van der Waals surface area contributed by atoms with Crippen LogP contribution in [0.1, 0.15) is 13.8 Å². The summed E-state index contributed by atoms with van der Waals surface area (Å²) in [5.41, 5.74) is 6.71. The Labute approximate surface area is 112 Å². The van der Waals surface area contributed by atoms with E-state index in [1.54, 1.807) is 20.4 Å². The Kier molecular flexibility index (Phi) is 3.64. The van der Waals surface area contributed by atoms with Gasteiger partial charge in [-0.25, -0.2) is 4.98 Å². The second-order valence-corrected chi connectivity index (χ2v) is 4.58. The summed E-state index contributed by atoms with van der Waals surface area (Å²) in [6.45, 7) is 4.12. The van der Waals surface area contributed by atoms with Crippen molar-refractivity contribution in [2.75, 3.05) is 25.3 Å². The average molecular weight is 261 g/mol.